The summed E-state index contributed by atoms with van der Waals surface area (Å²) in [6.07, 6.45) is 4.12. The lowest BCUT2D eigenvalue weighted by molar-refractivity contribution is 0.0110. The van der Waals surface area contributed by atoms with Crippen LogP contribution in [0, 0.1) is 5.41 Å². The van der Waals surface area contributed by atoms with Crippen LogP contribution in [0.3, 0.4) is 0 Å². The maximum Gasteiger partial charge on any atom is 0.159 e. The summed E-state index contributed by atoms with van der Waals surface area (Å²) >= 11 is 0. The predicted molar refractivity (Wildman–Crippen MR) is 80.6 cm³/mol. The van der Waals surface area contributed by atoms with Crippen LogP contribution in [0.1, 0.15) is 64.2 Å². The molecule has 1 unspecified atom stereocenters. The lowest BCUT2D eigenvalue weighted by Gasteiger charge is -2.37. The van der Waals surface area contributed by atoms with Crippen molar-refractivity contribution in [3.8, 4) is 0 Å². The average molecular weight is 277 g/mol. The zero-order valence-electron chi connectivity index (χ0n) is 13.6. The Bertz CT molecular complexity index is 483. The quantitative estimate of drug-likeness (QED) is 0.919. The van der Waals surface area contributed by atoms with E-state index in [1.807, 2.05) is 20.0 Å². The van der Waals surface area contributed by atoms with E-state index in [0.29, 0.717) is 6.04 Å². The van der Waals surface area contributed by atoms with Gasteiger partial charge in [0.05, 0.1) is 0 Å². The van der Waals surface area contributed by atoms with E-state index < -0.39 is 5.60 Å². The molecule has 0 fully saturated rings. The summed E-state index contributed by atoms with van der Waals surface area (Å²) in [7, 11) is 1.70. The summed E-state index contributed by atoms with van der Waals surface area (Å²) < 4.78 is 5.50. The highest BCUT2D eigenvalue weighted by atomic mass is 16.5. The molecule has 0 saturated heterocycles. The van der Waals surface area contributed by atoms with Gasteiger partial charge in [-0.2, -0.15) is 0 Å². The van der Waals surface area contributed by atoms with E-state index in [2.05, 4.69) is 31.1 Å². The number of aromatic nitrogens is 2. The number of ether oxygens (including phenoxy) is 1. The van der Waals surface area contributed by atoms with Gasteiger partial charge in [0.2, 0.25) is 0 Å². The molecule has 1 aliphatic carbocycles. The van der Waals surface area contributed by atoms with Gasteiger partial charge in [0, 0.05) is 30.6 Å². The first kappa shape index (κ1) is 15.4. The van der Waals surface area contributed by atoms with Crippen LogP contribution in [0.15, 0.2) is 6.20 Å². The largest absolute Gasteiger partial charge is 0.371 e. The topological polar surface area (TPSA) is 47.0 Å². The number of hydrogen-bond acceptors (Lipinski definition) is 4. The third-order valence-corrected chi connectivity index (χ3v) is 4.18. The third-order valence-electron chi connectivity index (χ3n) is 4.18. The van der Waals surface area contributed by atoms with Crippen LogP contribution in [-0.2, 0) is 16.8 Å². The van der Waals surface area contributed by atoms with E-state index in [9.17, 15) is 0 Å². The summed E-state index contributed by atoms with van der Waals surface area (Å²) in [6.45, 7) is 11.7. The van der Waals surface area contributed by atoms with Gasteiger partial charge in [-0.25, -0.2) is 9.97 Å². The summed E-state index contributed by atoms with van der Waals surface area (Å²) in [5.74, 6) is 0.770. The number of methoxy groups -OCH3 is 1. The van der Waals surface area contributed by atoms with Gasteiger partial charge in [0.1, 0.15) is 5.60 Å². The molecule has 2 rings (SSSR count). The summed E-state index contributed by atoms with van der Waals surface area (Å²) in [5, 5.41) is 3.56. The van der Waals surface area contributed by atoms with Gasteiger partial charge in [0.15, 0.2) is 5.82 Å². The molecule has 4 heteroatoms. The van der Waals surface area contributed by atoms with E-state index in [-0.39, 0.29) is 5.41 Å². The SMILES string of the molecule is CCNC1CC(C)(C)Cc2nc(C(C)(C)OC)ncc21. The van der Waals surface area contributed by atoms with Crippen molar-refractivity contribution in [2.24, 2.45) is 5.41 Å². The predicted octanol–water partition coefficient (Wildman–Crippen LogP) is 2.98. The van der Waals surface area contributed by atoms with Crippen LogP contribution >= 0.6 is 0 Å². The minimum atomic E-state index is -0.440. The molecule has 1 atom stereocenters. The van der Waals surface area contributed by atoms with Crippen molar-refractivity contribution < 1.29 is 4.74 Å². The van der Waals surface area contributed by atoms with E-state index in [1.54, 1.807) is 7.11 Å². The highest BCUT2D eigenvalue weighted by Crippen LogP contribution is 2.40. The summed E-state index contributed by atoms with van der Waals surface area (Å²) in [4.78, 5) is 9.35. The van der Waals surface area contributed by atoms with Crippen LogP contribution in [-0.4, -0.2) is 23.6 Å². The van der Waals surface area contributed by atoms with Crippen LogP contribution in [0.4, 0.5) is 0 Å². The van der Waals surface area contributed by atoms with E-state index in [4.69, 9.17) is 9.72 Å². The molecule has 4 nitrogen and oxygen atoms in total. The number of nitrogens with zero attached hydrogens (tertiary/aromatic N) is 2. The second kappa shape index (κ2) is 5.41. The van der Waals surface area contributed by atoms with Crippen LogP contribution in [0.25, 0.3) is 0 Å². The van der Waals surface area contributed by atoms with Crippen molar-refractivity contribution in [2.45, 2.75) is 59.1 Å². The second-order valence-corrected chi connectivity index (χ2v) is 6.97. The number of rotatable bonds is 4. The molecule has 112 valence electrons. The molecule has 0 aromatic carbocycles. The lowest BCUT2D eigenvalue weighted by atomic mass is 9.74. The minimum Gasteiger partial charge on any atom is -0.371 e. The third kappa shape index (κ3) is 3.01. The Hall–Kier alpha value is -1.00. The number of hydrogen-bond donors (Lipinski definition) is 1. The van der Waals surface area contributed by atoms with Crippen molar-refractivity contribution in [3.05, 3.63) is 23.3 Å². The Morgan fingerprint density at radius 1 is 1.45 bits per heavy atom. The number of fused-ring (bicyclic) bond motifs is 1. The minimum absolute atomic E-state index is 0.267. The molecule has 0 radical (unpaired) electrons. The molecule has 0 aliphatic heterocycles. The Labute approximate surface area is 122 Å². The zero-order valence-corrected chi connectivity index (χ0v) is 13.6. The van der Waals surface area contributed by atoms with E-state index >= 15 is 0 Å². The molecule has 0 amide bonds. The first-order chi connectivity index (χ1) is 9.29. The molecule has 1 N–H and O–H groups in total. The first-order valence-corrected chi connectivity index (χ1v) is 7.44. The van der Waals surface area contributed by atoms with Gasteiger partial charge in [0.25, 0.3) is 0 Å². The smallest absolute Gasteiger partial charge is 0.159 e. The van der Waals surface area contributed by atoms with Crippen molar-refractivity contribution in [1.29, 1.82) is 0 Å². The van der Waals surface area contributed by atoms with Crippen LogP contribution in [0.5, 0.6) is 0 Å². The van der Waals surface area contributed by atoms with Crippen molar-refractivity contribution >= 4 is 0 Å². The average Bonchev–Trinajstić information content (AvgIpc) is 2.37. The Kier molecular flexibility index (Phi) is 4.17. The molecule has 0 saturated carbocycles. The fourth-order valence-corrected chi connectivity index (χ4v) is 2.86. The van der Waals surface area contributed by atoms with Crippen molar-refractivity contribution in [2.75, 3.05) is 13.7 Å². The molecule has 1 aromatic heterocycles. The normalized spacial score (nSPS) is 21.6. The standard InChI is InChI=1S/C16H27N3O/c1-7-17-12-8-15(2,3)9-13-11(12)10-18-14(19-13)16(4,5)20-6/h10,12,17H,7-9H2,1-6H3. The maximum atomic E-state index is 5.50. The molecular formula is C16H27N3O. The zero-order chi connectivity index (χ0) is 15.0. The van der Waals surface area contributed by atoms with Crippen molar-refractivity contribution in [3.63, 3.8) is 0 Å². The van der Waals surface area contributed by atoms with E-state index in [1.165, 1.54) is 11.3 Å². The van der Waals surface area contributed by atoms with Crippen LogP contribution in [0.2, 0.25) is 0 Å². The first-order valence-electron chi connectivity index (χ1n) is 7.44. The molecule has 1 aromatic rings. The van der Waals surface area contributed by atoms with Gasteiger partial charge in [-0.05, 0) is 38.6 Å². The van der Waals surface area contributed by atoms with Gasteiger partial charge >= 0.3 is 0 Å². The Balaban J connectivity index is 2.42. The number of nitrogens with one attached hydrogen (secondary N) is 1. The molecule has 1 aliphatic rings. The van der Waals surface area contributed by atoms with Crippen LogP contribution < -0.4 is 5.32 Å². The summed E-state index contributed by atoms with van der Waals surface area (Å²) in [6, 6.07) is 0.360. The van der Waals surface area contributed by atoms with Crippen molar-refractivity contribution in [1.82, 2.24) is 15.3 Å². The Morgan fingerprint density at radius 3 is 2.75 bits per heavy atom. The van der Waals surface area contributed by atoms with Gasteiger partial charge in [-0.1, -0.05) is 20.8 Å². The lowest BCUT2D eigenvalue weighted by Crippen LogP contribution is -2.35. The van der Waals surface area contributed by atoms with Gasteiger partial charge in [-0.3, -0.25) is 0 Å². The maximum absolute atomic E-state index is 5.50. The Morgan fingerprint density at radius 2 is 2.15 bits per heavy atom. The molecule has 0 spiro atoms. The highest BCUT2D eigenvalue weighted by Gasteiger charge is 2.34. The summed E-state index contributed by atoms with van der Waals surface area (Å²) in [5.41, 5.74) is 2.25. The molecular weight excluding hydrogens is 250 g/mol. The fourth-order valence-electron chi connectivity index (χ4n) is 2.86. The molecule has 0 bridgehead atoms. The second-order valence-electron chi connectivity index (χ2n) is 6.97. The molecule has 1 heterocycles. The van der Waals surface area contributed by atoms with Gasteiger partial charge < -0.3 is 10.1 Å². The highest BCUT2D eigenvalue weighted by molar-refractivity contribution is 5.27. The monoisotopic (exact) mass is 277 g/mol. The fraction of sp³-hybridized carbons (Fsp3) is 0.750. The van der Waals surface area contributed by atoms with Gasteiger partial charge in [-0.15, -0.1) is 0 Å². The van der Waals surface area contributed by atoms with E-state index in [0.717, 1.165) is 25.2 Å². The molecule has 20 heavy (non-hydrogen) atoms.